The van der Waals surface area contributed by atoms with E-state index in [1.54, 1.807) is 31.2 Å². The molecule has 1 heterocycles. The van der Waals surface area contributed by atoms with Gasteiger partial charge in [-0.25, -0.2) is 18.6 Å². The standard InChI is InChI=1S/C32H36F2N4O6/c1-2-42-30(29-27(33)18-26(19-28(29)34)43-17-14-38-12-15-41-16-13-38)31(39)35-20-23-8-10-25(11-9-23)36-22-37-32(40)44-21-24-6-4-3-5-7-24/h3-11,18-19,22,30H,2,12-17,20-21H2,1H3,(H,35,39)(H,36,37,40). The third-order valence-corrected chi connectivity index (χ3v) is 6.68. The van der Waals surface area contributed by atoms with E-state index in [-0.39, 0.29) is 32.1 Å². The Kier molecular flexibility index (Phi) is 12.6. The first-order chi connectivity index (χ1) is 21.4. The summed E-state index contributed by atoms with van der Waals surface area (Å²) in [5.41, 5.74) is 1.65. The lowest BCUT2D eigenvalue weighted by molar-refractivity contribution is -0.133. The van der Waals surface area contributed by atoms with E-state index in [1.807, 2.05) is 30.3 Å². The van der Waals surface area contributed by atoms with Crippen molar-refractivity contribution in [2.24, 2.45) is 4.99 Å². The van der Waals surface area contributed by atoms with Crippen LogP contribution in [0.15, 0.2) is 71.7 Å². The van der Waals surface area contributed by atoms with Gasteiger partial charge >= 0.3 is 6.09 Å². The number of benzene rings is 3. The molecule has 0 spiro atoms. The predicted octanol–water partition coefficient (Wildman–Crippen LogP) is 4.66. The molecule has 2 N–H and O–H groups in total. The maximum absolute atomic E-state index is 15.1. The molecule has 0 aromatic heterocycles. The highest BCUT2D eigenvalue weighted by Gasteiger charge is 2.28. The molecular weight excluding hydrogens is 574 g/mol. The van der Waals surface area contributed by atoms with Crippen LogP contribution in [0.25, 0.3) is 0 Å². The van der Waals surface area contributed by atoms with Crippen LogP contribution in [0.5, 0.6) is 5.75 Å². The molecule has 3 aromatic carbocycles. The number of hydrogen-bond donors (Lipinski definition) is 2. The highest BCUT2D eigenvalue weighted by molar-refractivity contribution is 5.83. The molecule has 2 amide bonds. The molecule has 1 aliphatic heterocycles. The van der Waals surface area contributed by atoms with Gasteiger partial charge in [0.25, 0.3) is 5.91 Å². The first kappa shape index (κ1) is 32.5. The molecule has 44 heavy (non-hydrogen) atoms. The maximum atomic E-state index is 15.1. The lowest BCUT2D eigenvalue weighted by atomic mass is 10.1. The van der Waals surface area contributed by atoms with E-state index in [0.717, 1.165) is 30.8 Å². The number of rotatable bonds is 14. The molecule has 12 heteroatoms. The second-order valence-electron chi connectivity index (χ2n) is 9.79. The van der Waals surface area contributed by atoms with Gasteiger partial charge in [-0.1, -0.05) is 42.5 Å². The monoisotopic (exact) mass is 610 g/mol. The van der Waals surface area contributed by atoms with Gasteiger partial charge in [-0.2, -0.15) is 0 Å². The molecule has 1 fully saturated rings. The van der Waals surface area contributed by atoms with Crippen molar-refractivity contribution in [1.82, 2.24) is 15.5 Å². The fraction of sp³-hybridized carbons (Fsp3) is 0.344. The number of alkyl carbamates (subject to hydrolysis) is 1. The lowest BCUT2D eigenvalue weighted by Gasteiger charge is -2.26. The summed E-state index contributed by atoms with van der Waals surface area (Å²) in [5.74, 6) is -2.51. The van der Waals surface area contributed by atoms with E-state index in [0.29, 0.717) is 31.0 Å². The van der Waals surface area contributed by atoms with Crippen LogP contribution in [0.3, 0.4) is 0 Å². The molecule has 10 nitrogen and oxygen atoms in total. The Labute approximate surface area is 255 Å². The smallest absolute Gasteiger partial charge is 0.412 e. The molecule has 1 saturated heterocycles. The fourth-order valence-corrected chi connectivity index (χ4v) is 4.38. The number of nitrogens with zero attached hydrogens (tertiary/aromatic N) is 2. The van der Waals surface area contributed by atoms with E-state index in [1.165, 1.54) is 6.34 Å². The summed E-state index contributed by atoms with van der Waals surface area (Å²) in [4.78, 5) is 31.1. The third kappa shape index (κ3) is 10.1. The largest absolute Gasteiger partial charge is 0.492 e. The average Bonchev–Trinajstić information content (AvgIpc) is 3.03. The molecule has 0 radical (unpaired) electrons. The number of nitrogens with one attached hydrogen (secondary N) is 2. The highest BCUT2D eigenvalue weighted by Crippen LogP contribution is 2.28. The van der Waals surface area contributed by atoms with Gasteiger partial charge in [0.1, 0.15) is 30.6 Å². The Hall–Kier alpha value is -4.39. The van der Waals surface area contributed by atoms with Crippen LogP contribution in [-0.4, -0.2) is 69.3 Å². The molecule has 4 rings (SSSR count). The SMILES string of the molecule is CCOC(C(=O)NCc1ccc(/N=C/NC(=O)OCc2ccccc2)cc1)c1c(F)cc(OCCN2CCOCC2)cc1F. The molecule has 234 valence electrons. The van der Waals surface area contributed by atoms with Gasteiger partial charge in [0.2, 0.25) is 0 Å². The number of carbonyl (C=O) groups is 2. The molecule has 3 aromatic rings. The van der Waals surface area contributed by atoms with Crippen molar-refractivity contribution in [2.75, 3.05) is 46.1 Å². The van der Waals surface area contributed by atoms with Gasteiger partial charge in [-0.05, 0) is 30.2 Å². The van der Waals surface area contributed by atoms with Crippen LogP contribution in [0.1, 0.15) is 29.7 Å². The van der Waals surface area contributed by atoms with E-state index in [9.17, 15) is 9.59 Å². The van der Waals surface area contributed by atoms with Crippen molar-refractivity contribution in [3.8, 4) is 5.75 Å². The maximum Gasteiger partial charge on any atom is 0.412 e. The Morgan fingerprint density at radius 3 is 2.41 bits per heavy atom. The minimum absolute atomic E-state index is 0.0368. The number of ether oxygens (including phenoxy) is 4. The normalized spacial score (nSPS) is 14.2. The van der Waals surface area contributed by atoms with Gasteiger partial charge < -0.3 is 24.3 Å². The molecule has 0 aliphatic carbocycles. The van der Waals surface area contributed by atoms with Crippen molar-refractivity contribution in [2.45, 2.75) is 26.2 Å². The minimum Gasteiger partial charge on any atom is -0.492 e. The topological polar surface area (TPSA) is 111 Å². The van der Waals surface area contributed by atoms with E-state index >= 15 is 8.78 Å². The van der Waals surface area contributed by atoms with Gasteiger partial charge in [0.05, 0.1) is 30.8 Å². The third-order valence-electron chi connectivity index (χ3n) is 6.68. The zero-order valence-corrected chi connectivity index (χ0v) is 24.5. The summed E-state index contributed by atoms with van der Waals surface area (Å²) in [7, 11) is 0. The van der Waals surface area contributed by atoms with Gasteiger partial charge in [0.15, 0.2) is 6.10 Å². The van der Waals surface area contributed by atoms with E-state index in [2.05, 4.69) is 20.5 Å². The van der Waals surface area contributed by atoms with Crippen molar-refractivity contribution in [1.29, 1.82) is 0 Å². The minimum atomic E-state index is -1.49. The summed E-state index contributed by atoms with van der Waals surface area (Å²) in [6.07, 6.45) is -0.904. The second-order valence-corrected chi connectivity index (χ2v) is 9.79. The number of aliphatic imine (C=N–C) groups is 1. The van der Waals surface area contributed by atoms with Gasteiger partial charge in [-0.3, -0.25) is 15.0 Å². The van der Waals surface area contributed by atoms with Crippen LogP contribution in [0.4, 0.5) is 19.3 Å². The molecule has 1 aliphatic rings. The van der Waals surface area contributed by atoms with Crippen molar-refractivity contribution >= 4 is 24.0 Å². The Balaban J connectivity index is 1.26. The molecule has 0 saturated carbocycles. The summed E-state index contributed by atoms with van der Waals surface area (Å²) >= 11 is 0. The lowest BCUT2D eigenvalue weighted by Crippen LogP contribution is -2.38. The number of carbonyl (C=O) groups excluding carboxylic acids is 2. The Morgan fingerprint density at radius 2 is 1.73 bits per heavy atom. The zero-order chi connectivity index (χ0) is 31.1. The van der Waals surface area contributed by atoms with E-state index < -0.39 is 35.3 Å². The molecular formula is C32H36F2N4O6. The van der Waals surface area contributed by atoms with Crippen LogP contribution in [0, 0.1) is 11.6 Å². The molecule has 0 bridgehead atoms. The molecule has 1 unspecified atom stereocenters. The second kappa shape index (κ2) is 17.0. The summed E-state index contributed by atoms with van der Waals surface area (Å²) in [6, 6.07) is 18.2. The quantitative estimate of drug-likeness (QED) is 0.202. The average molecular weight is 611 g/mol. The van der Waals surface area contributed by atoms with Crippen LogP contribution in [-0.2, 0) is 32.2 Å². The molecule has 1 atom stereocenters. The number of halogens is 2. The Bertz CT molecular complexity index is 1360. The zero-order valence-electron chi connectivity index (χ0n) is 24.5. The van der Waals surface area contributed by atoms with Gasteiger partial charge in [-0.15, -0.1) is 0 Å². The first-order valence-electron chi connectivity index (χ1n) is 14.3. The van der Waals surface area contributed by atoms with Crippen molar-refractivity contribution in [3.63, 3.8) is 0 Å². The number of hydrogen-bond acceptors (Lipinski definition) is 8. The first-order valence-corrected chi connectivity index (χ1v) is 14.3. The van der Waals surface area contributed by atoms with Crippen LogP contribution < -0.4 is 15.4 Å². The Morgan fingerprint density at radius 1 is 1.02 bits per heavy atom. The van der Waals surface area contributed by atoms with Crippen LogP contribution in [0.2, 0.25) is 0 Å². The number of morpholine rings is 1. The number of amides is 2. The summed E-state index contributed by atoms with van der Waals surface area (Å²) in [5, 5.41) is 5.10. The predicted molar refractivity (Wildman–Crippen MR) is 160 cm³/mol. The van der Waals surface area contributed by atoms with E-state index in [4.69, 9.17) is 18.9 Å². The summed E-state index contributed by atoms with van der Waals surface area (Å²) < 4.78 is 51.5. The van der Waals surface area contributed by atoms with Gasteiger partial charge in [0, 0.05) is 44.9 Å². The van der Waals surface area contributed by atoms with Crippen molar-refractivity contribution in [3.05, 3.63) is 95.1 Å². The fourth-order valence-electron chi connectivity index (χ4n) is 4.38. The summed E-state index contributed by atoms with van der Waals surface area (Å²) in [6.45, 7) is 5.63. The van der Waals surface area contributed by atoms with Crippen molar-refractivity contribution < 1.29 is 37.3 Å². The van der Waals surface area contributed by atoms with Crippen LogP contribution >= 0.6 is 0 Å². The highest BCUT2D eigenvalue weighted by atomic mass is 19.1.